The highest BCUT2D eigenvalue weighted by Gasteiger charge is 2.14. The largest absolute Gasteiger partial charge is 0.364 e. The molecule has 0 fully saturated rings. The Hall–Kier alpha value is -3.20. The number of primary amides is 1. The average Bonchev–Trinajstić information content (AvgIpc) is 3.26. The number of rotatable bonds is 5. The van der Waals surface area contributed by atoms with E-state index in [1.165, 1.54) is 30.5 Å². The van der Waals surface area contributed by atoms with Gasteiger partial charge in [-0.25, -0.2) is 4.98 Å². The van der Waals surface area contributed by atoms with Crippen molar-refractivity contribution in [3.05, 3.63) is 46.9 Å². The molecule has 5 N–H and O–H groups in total. The number of aromatic amines is 2. The molecule has 3 aromatic rings. The summed E-state index contributed by atoms with van der Waals surface area (Å²) in [5.74, 6) is -1.08. The van der Waals surface area contributed by atoms with E-state index in [9.17, 15) is 14.4 Å². The second kappa shape index (κ2) is 6.13. The molecule has 0 aliphatic carbocycles. The maximum Gasteiger partial charge on any atom is 0.273 e. The van der Waals surface area contributed by atoms with Crippen molar-refractivity contribution >= 4 is 34.1 Å². The van der Waals surface area contributed by atoms with Crippen LogP contribution in [0.5, 0.6) is 0 Å². The SMILES string of the molecule is CC(=O)c1c[nH]c(C(=O)Nc2nc(-c3c[nH]c(C(N)=O)c3)cs2)c1. The summed E-state index contributed by atoms with van der Waals surface area (Å²) < 4.78 is 0. The highest BCUT2D eigenvalue weighted by atomic mass is 32.1. The normalized spacial score (nSPS) is 10.5. The minimum atomic E-state index is -0.557. The highest BCUT2D eigenvalue weighted by molar-refractivity contribution is 7.14. The molecule has 24 heavy (non-hydrogen) atoms. The zero-order valence-corrected chi connectivity index (χ0v) is 13.4. The zero-order chi connectivity index (χ0) is 17.3. The van der Waals surface area contributed by atoms with Gasteiger partial charge < -0.3 is 15.7 Å². The number of nitrogens with one attached hydrogen (secondary N) is 3. The van der Waals surface area contributed by atoms with Gasteiger partial charge in [0, 0.05) is 28.9 Å². The summed E-state index contributed by atoms with van der Waals surface area (Å²) in [5, 5.41) is 4.80. The molecule has 0 saturated carbocycles. The molecule has 0 radical (unpaired) electrons. The number of nitrogens with zero attached hydrogens (tertiary/aromatic N) is 1. The molecule has 0 saturated heterocycles. The summed E-state index contributed by atoms with van der Waals surface area (Å²) >= 11 is 1.24. The van der Waals surface area contributed by atoms with E-state index in [4.69, 9.17) is 5.73 Å². The van der Waals surface area contributed by atoms with Gasteiger partial charge in [0.2, 0.25) is 0 Å². The summed E-state index contributed by atoms with van der Waals surface area (Å²) in [6, 6.07) is 3.07. The lowest BCUT2D eigenvalue weighted by Gasteiger charge is -1.98. The summed E-state index contributed by atoms with van der Waals surface area (Å²) in [6.45, 7) is 1.43. The third kappa shape index (κ3) is 3.10. The van der Waals surface area contributed by atoms with Crippen LogP contribution in [-0.2, 0) is 0 Å². The van der Waals surface area contributed by atoms with Gasteiger partial charge in [-0.2, -0.15) is 0 Å². The lowest BCUT2D eigenvalue weighted by Crippen LogP contribution is -2.12. The number of carbonyl (C=O) groups is 3. The van der Waals surface area contributed by atoms with Crippen molar-refractivity contribution in [2.24, 2.45) is 5.73 Å². The molecule has 9 heteroatoms. The number of nitrogens with two attached hydrogens (primary N) is 1. The van der Waals surface area contributed by atoms with Gasteiger partial charge in [-0.05, 0) is 19.1 Å². The van der Waals surface area contributed by atoms with Gasteiger partial charge in [0.1, 0.15) is 11.4 Å². The number of amides is 2. The fraction of sp³-hybridized carbons (Fsp3) is 0.0667. The number of thiazole rings is 1. The van der Waals surface area contributed by atoms with Crippen molar-refractivity contribution in [3.63, 3.8) is 0 Å². The fourth-order valence-corrected chi connectivity index (χ4v) is 2.76. The van der Waals surface area contributed by atoms with Gasteiger partial charge in [-0.15, -0.1) is 11.3 Å². The van der Waals surface area contributed by atoms with Gasteiger partial charge >= 0.3 is 0 Å². The molecule has 3 heterocycles. The molecule has 0 atom stereocenters. The van der Waals surface area contributed by atoms with Crippen LogP contribution >= 0.6 is 11.3 Å². The molecule has 3 rings (SSSR count). The van der Waals surface area contributed by atoms with Crippen LogP contribution in [0, 0.1) is 0 Å². The molecule has 2 amide bonds. The first-order chi connectivity index (χ1) is 11.4. The zero-order valence-electron chi connectivity index (χ0n) is 12.5. The van der Waals surface area contributed by atoms with E-state index >= 15 is 0 Å². The Kier molecular flexibility index (Phi) is 4.00. The molecular formula is C15H13N5O3S. The van der Waals surface area contributed by atoms with Gasteiger partial charge in [0.05, 0.1) is 5.69 Å². The monoisotopic (exact) mass is 343 g/mol. The maximum atomic E-state index is 12.1. The first-order valence-electron chi connectivity index (χ1n) is 6.89. The molecule has 0 aliphatic heterocycles. The van der Waals surface area contributed by atoms with Crippen molar-refractivity contribution in [1.82, 2.24) is 15.0 Å². The van der Waals surface area contributed by atoms with E-state index in [-0.39, 0.29) is 17.2 Å². The number of H-pyrrole nitrogens is 2. The molecule has 0 unspecified atom stereocenters. The Balaban J connectivity index is 1.74. The number of hydrogen-bond acceptors (Lipinski definition) is 5. The van der Waals surface area contributed by atoms with Crippen LogP contribution < -0.4 is 11.1 Å². The van der Waals surface area contributed by atoms with Crippen LogP contribution in [0.4, 0.5) is 5.13 Å². The van der Waals surface area contributed by atoms with E-state index in [0.29, 0.717) is 22.0 Å². The standard InChI is InChI=1S/C15H13N5O3S/c1-7(21)8-2-11(18-4-8)14(23)20-15-19-12(6-24-15)9-3-10(13(16)22)17-5-9/h2-6,17-18H,1H3,(H2,16,22)(H,19,20,23). The van der Waals surface area contributed by atoms with Gasteiger partial charge in [0.15, 0.2) is 10.9 Å². The van der Waals surface area contributed by atoms with Gasteiger partial charge in [-0.1, -0.05) is 0 Å². The van der Waals surface area contributed by atoms with E-state index in [1.807, 2.05) is 0 Å². The van der Waals surface area contributed by atoms with Crippen LogP contribution in [-0.4, -0.2) is 32.5 Å². The molecule has 0 aliphatic rings. The summed E-state index contributed by atoms with van der Waals surface area (Å²) in [5.41, 5.74) is 7.48. The quantitative estimate of drug-likeness (QED) is 0.527. The number of anilines is 1. The Bertz CT molecular complexity index is 936. The Labute approximate surface area is 140 Å². The van der Waals surface area contributed by atoms with Gasteiger partial charge in [-0.3, -0.25) is 19.7 Å². The minimum Gasteiger partial charge on any atom is -0.364 e. The number of carbonyl (C=O) groups excluding carboxylic acids is 3. The summed E-state index contributed by atoms with van der Waals surface area (Å²) in [7, 11) is 0. The van der Waals surface area contributed by atoms with Crippen LogP contribution in [0.3, 0.4) is 0 Å². The maximum absolute atomic E-state index is 12.1. The molecule has 0 spiro atoms. The van der Waals surface area contributed by atoms with Crippen molar-refractivity contribution in [1.29, 1.82) is 0 Å². The minimum absolute atomic E-state index is 0.125. The molecule has 3 aromatic heterocycles. The third-order valence-electron chi connectivity index (χ3n) is 3.30. The smallest absolute Gasteiger partial charge is 0.273 e. The fourth-order valence-electron chi connectivity index (χ4n) is 2.04. The lowest BCUT2D eigenvalue weighted by molar-refractivity contribution is 0.0991. The number of ketones is 1. The van der Waals surface area contributed by atoms with Crippen LogP contribution in [0.1, 0.15) is 38.3 Å². The molecule has 8 nitrogen and oxygen atoms in total. The third-order valence-corrected chi connectivity index (χ3v) is 4.06. The Morgan fingerprint density at radius 2 is 1.92 bits per heavy atom. The van der Waals surface area contributed by atoms with Gasteiger partial charge in [0.25, 0.3) is 11.8 Å². The predicted octanol–water partition coefficient (Wildman–Crippen LogP) is 2.02. The summed E-state index contributed by atoms with van der Waals surface area (Å²) in [4.78, 5) is 44.3. The predicted molar refractivity (Wildman–Crippen MR) is 89.2 cm³/mol. The summed E-state index contributed by atoms with van der Waals surface area (Å²) in [6.07, 6.45) is 3.10. The first-order valence-corrected chi connectivity index (χ1v) is 7.77. The van der Waals surface area contributed by atoms with E-state index in [1.54, 1.807) is 17.6 Å². The molecular weight excluding hydrogens is 330 g/mol. The molecule has 0 aromatic carbocycles. The van der Waals surface area contributed by atoms with E-state index in [2.05, 4.69) is 20.3 Å². The van der Waals surface area contributed by atoms with Crippen LogP contribution in [0.2, 0.25) is 0 Å². The average molecular weight is 343 g/mol. The van der Waals surface area contributed by atoms with Crippen molar-refractivity contribution < 1.29 is 14.4 Å². The highest BCUT2D eigenvalue weighted by Crippen LogP contribution is 2.25. The first kappa shape index (κ1) is 15.7. The molecule has 0 bridgehead atoms. The second-order valence-electron chi connectivity index (χ2n) is 5.02. The number of hydrogen-bond donors (Lipinski definition) is 4. The van der Waals surface area contributed by atoms with E-state index < -0.39 is 11.8 Å². The second-order valence-corrected chi connectivity index (χ2v) is 5.87. The van der Waals surface area contributed by atoms with Crippen molar-refractivity contribution in [2.45, 2.75) is 6.92 Å². The Morgan fingerprint density at radius 3 is 2.54 bits per heavy atom. The topological polar surface area (TPSA) is 134 Å². The lowest BCUT2D eigenvalue weighted by atomic mass is 10.2. The van der Waals surface area contributed by atoms with Crippen molar-refractivity contribution in [2.75, 3.05) is 5.32 Å². The van der Waals surface area contributed by atoms with Crippen LogP contribution in [0.15, 0.2) is 29.9 Å². The van der Waals surface area contributed by atoms with Crippen LogP contribution in [0.25, 0.3) is 11.3 Å². The van der Waals surface area contributed by atoms with E-state index in [0.717, 1.165) is 0 Å². The molecule has 122 valence electrons. The Morgan fingerprint density at radius 1 is 1.17 bits per heavy atom. The number of aromatic nitrogens is 3. The number of Topliss-reactive ketones (excluding diaryl/α,β-unsaturated/α-hetero) is 1. The van der Waals surface area contributed by atoms with Crippen molar-refractivity contribution in [3.8, 4) is 11.3 Å².